The van der Waals surface area contributed by atoms with Crippen LogP contribution in [0.25, 0.3) is 0 Å². The van der Waals surface area contributed by atoms with Crippen molar-refractivity contribution in [3.8, 4) is 0 Å². The van der Waals surface area contributed by atoms with Gasteiger partial charge in [0.1, 0.15) is 0 Å². The zero-order valence-electron chi connectivity index (χ0n) is 15.9. The van der Waals surface area contributed by atoms with Gasteiger partial charge in [-0.15, -0.1) is 0 Å². The van der Waals surface area contributed by atoms with Crippen LogP contribution >= 0.6 is 23.5 Å². The fourth-order valence-corrected chi connectivity index (χ4v) is 4.26. The van der Waals surface area contributed by atoms with Gasteiger partial charge in [-0.1, -0.05) is 65.7 Å². The number of aryl methyl sites for hydroxylation is 2. The van der Waals surface area contributed by atoms with Gasteiger partial charge in [0.15, 0.2) is 0 Å². The van der Waals surface area contributed by atoms with Crippen molar-refractivity contribution in [1.82, 2.24) is 4.72 Å². The number of aliphatic imine (C=N–C) groups is 1. The number of hydrogen-bond acceptors (Lipinski definition) is 2. The van der Waals surface area contributed by atoms with Crippen molar-refractivity contribution < 1.29 is 0 Å². The summed E-state index contributed by atoms with van der Waals surface area (Å²) in [6.45, 7) is 4.89. The normalized spacial score (nSPS) is 14.3. The highest BCUT2D eigenvalue weighted by molar-refractivity contribution is 7.98. The first-order valence-corrected chi connectivity index (χ1v) is 10.5. The number of para-hydroxylation sites is 1. The van der Waals surface area contributed by atoms with Gasteiger partial charge in [-0.3, -0.25) is 4.72 Å². The molecule has 0 saturated carbocycles. The van der Waals surface area contributed by atoms with Crippen molar-refractivity contribution >= 4 is 35.2 Å². The number of halogens is 1. The van der Waals surface area contributed by atoms with Crippen molar-refractivity contribution in [2.45, 2.75) is 31.7 Å². The maximum Gasteiger partial charge on any atom is 0.206 e. The number of fused-ring (bicyclic) bond motifs is 1. The summed E-state index contributed by atoms with van der Waals surface area (Å²) >= 11 is 7.96. The summed E-state index contributed by atoms with van der Waals surface area (Å²) in [5, 5.41) is 4.28. The van der Waals surface area contributed by atoms with E-state index in [1.165, 1.54) is 22.3 Å². The van der Waals surface area contributed by atoms with Gasteiger partial charge in [0, 0.05) is 11.4 Å². The average molecular weight is 408 g/mol. The third kappa shape index (κ3) is 4.18. The molecule has 1 aliphatic heterocycles. The van der Waals surface area contributed by atoms with Crippen LogP contribution in [0.2, 0.25) is 5.02 Å². The summed E-state index contributed by atoms with van der Waals surface area (Å²) < 4.78 is 3.31. The molecule has 28 heavy (non-hydrogen) atoms. The van der Waals surface area contributed by atoms with Gasteiger partial charge in [0.2, 0.25) is 5.96 Å². The highest BCUT2D eigenvalue weighted by Crippen LogP contribution is 2.34. The van der Waals surface area contributed by atoms with Gasteiger partial charge in [0.25, 0.3) is 0 Å². The Morgan fingerprint density at radius 2 is 1.75 bits per heavy atom. The first kappa shape index (κ1) is 18.9. The highest BCUT2D eigenvalue weighted by Gasteiger charge is 2.17. The molecule has 1 heterocycles. The molecule has 0 amide bonds. The molecular weight excluding hydrogens is 386 g/mol. The van der Waals surface area contributed by atoms with E-state index in [2.05, 4.69) is 66.4 Å². The molecule has 0 radical (unpaired) electrons. The second kappa shape index (κ2) is 8.29. The lowest BCUT2D eigenvalue weighted by Crippen LogP contribution is -2.30. The second-order valence-electron chi connectivity index (χ2n) is 6.98. The Bertz CT molecular complexity index is 1050. The molecule has 3 nitrogen and oxygen atoms in total. The van der Waals surface area contributed by atoms with E-state index in [1.54, 1.807) is 11.9 Å². The van der Waals surface area contributed by atoms with Crippen LogP contribution in [0.15, 0.2) is 70.6 Å². The summed E-state index contributed by atoms with van der Waals surface area (Å²) in [6.07, 6.45) is 0.779. The third-order valence-corrected chi connectivity index (χ3v) is 6.08. The summed E-state index contributed by atoms with van der Waals surface area (Å²) in [7, 11) is 0. The van der Waals surface area contributed by atoms with Gasteiger partial charge in [-0.05, 0) is 60.2 Å². The van der Waals surface area contributed by atoms with E-state index >= 15 is 0 Å². The molecule has 0 saturated heterocycles. The quantitative estimate of drug-likeness (QED) is 0.511. The van der Waals surface area contributed by atoms with Crippen LogP contribution in [0.3, 0.4) is 0 Å². The smallest absolute Gasteiger partial charge is 0.206 e. The molecule has 0 spiro atoms. The summed E-state index contributed by atoms with van der Waals surface area (Å²) in [5.74, 6) is 0.782. The van der Waals surface area contributed by atoms with Crippen LogP contribution in [-0.4, -0.2) is 5.96 Å². The van der Waals surface area contributed by atoms with Gasteiger partial charge < -0.3 is 5.32 Å². The molecule has 0 fully saturated rings. The van der Waals surface area contributed by atoms with Crippen LogP contribution in [-0.2, 0) is 13.0 Å². The van der Waals surface area contributed by atoms with E-state index in [9.17, 15) is 0 Å². The molecule has 3 aromatic rings. The second-order valence-corrected chi connectivity index (χ2v) is 8.24. The largest absolute Gasteiger partial charge is 0.324 e. The molecule has 0 aliphatic carbocycles. The van der Waals surface area contributed by atoms with Gasteiger partial charge >= 0.3 is 0 Å². The Morgan fingerprint density at radius 1 is 0.929 bits per heavy atom. The molecule has 0 aromatic heterocycles. The lowest BCUT2D eigenvalue weighted by Gasteiger charge is -2.23. The Morgan fingerprint density at radius 3 is 2.57 bits per heavy atom. The molecule has 0 unspecified atom stereocenters. The SMILES string of the molecule is Cc1ccc(CN=C2NSc3cccc(Cc4ccccc4Cl)c3N2)c(C)c1. The first-order chi connectivity index (χ1) is 13.6. The van der Waals surface area contributed by atoms with E-state index in [0.29, 0.717) is 6.54 Å². The summed E-state index contributed by atoms with van der Waals surface area (Å²) in [4.78, 5) is 5.92. The molecular formula is C23H22ClN3S. The highest BCUT2D eigenvalue weighted by atomic mass is 35.5. The van der Waals surface area contributed by atoms with Gasteiger partial charge in [-0.2, -0.15) is 0 Å². The maximum atomic E-state index is 6.37. The number of hydrogen-bond donors (Lipinski definition) is 2. The van der Waals surface area contributed by atoms with Crippen molar-refractivity contribution in [1.29, 1.82) is 0 Å². The minimum absolute atomic E-state index is 0.643. The summed E-state index contributed by atoms with van der Waals surface area (Å²) in [6, 6.07) is 20.8. The van der Waals surface area contributed by atoms with Crippen molar-refractivity contribution in [2.75, 3.05) is 5.32 Å². The molecule has 4 rings (SSSR count). The molecule has 1 aliphatic rings. The lowest BCUT2D eigenvalue weighted by atomic mass is 10.0. The zero-order valence-corrected chi connectivity index (χ0v) is 17.5. The van der Waals surface area contributed by atoms with Gasteiger partial charge in [-0.25, -0.2) is 4.99 Å². The van der Waals surface area contributed by atoms with Crippen molar-refractivity contribution in [3.05, 3.63) is 93.5 Å². The topological polar surface area (TPSA) is 36.4 Å². The molecule has 5 heteroatoms. The fraction of sp³-hybridized carbons (Fsp3) is 0.174. The monoisotopic (exact) mass is 407 g/mol. The maximum absolute atomic E-state index is 6.37. The number of nitrogens with zero attached hydrogens (tertiary/aromatic N) is 1. The van der Waals surface area contributed by atoms with Crippen LogP contribution in [0.1, 0.15) is 27.8 Å². The van der Waals surface area contributed by atoms with Crippen LogP contribution in [0.4, 0.5) is 5.69 Å². The number of nitrogens with one attached hydrogen (secondary N) is 2. The first-order valence-electron chi connectivity index (χ1n) is 9.26. The molecule has 142 valence electrons. The average Bonchev–Trinajstić information content (AvgIpc) is 2.69. The molecule has 0 bridgehead atoms. The fourth-order valence-electron chi connectivity index (χ4n) is 3.30. The van der Waals surface area contributed by atoms with Crippen molar-refractivity contribution in [3.63, 3.8) is 0 Å². The number of benzene rings is 3. The van der Waals surface area contributed by atoms with E-state index < -0.39 is 0 Å². The Balaban J connectivity index is 1.56. The number of guanidine groups is 1. The zero-order chi connectivity index (χ0) is 19.5. The van der Waals surface area contributed by atoms with Crippen LogP contribution in [0, 0.1) is 13.8 Å². The minimum Gasteiger partial charge on any atom is -0.324 e. The molecule has 3 aromatic carbocycles. The van der Waals surface area contributed by atoms with Crippen LogP contribution in [0.5, 0.6) is 0 Å². The minimum atomic E-state index is 0.643. The lowest BCUT2D eigenvalue weighted by molar-refractivity contribution is 1.03. The third-order valence-electron chi connectivity index (χ3n) is 4.86. The Labute approximate surface area is 175 Å². The van der Waals surface area contributed by atoms with E-state index in [1.807, 2.05) is 18.2 Å². The van der Waals surface area contributed by atoms with Crippen LogP contribution < -0.4 is 10.0 Å². The van der Waals surface area contributed by atoms with Gasteiger partial charge in [0.05, 0.1) is 17.1 Å². The van der Waals surface area contributed by atoms with Crippen molar-refractivity contribution in [2.24, 2.45) is 4.99 Å². The van der Waals surface area contributed by atoms with E-state index in [-0.39, 0.29) is 0 Å². The van der Waals surface area contributed by atoms with E-state index in [4.69, 9.17) is 16.6 Å². The standard InChI is InChI=1S/C23H22ClN3S/c1-15-10-11-19(16(2)12-15)14-25-23-26-22-18(7-5-9-21(22)28-27-23)13-17-6-3-4-8-20(17)24/h3-12H,13-14H2,1-2H3,(H2,25,26,27). The summed E-state index contributed by atoms with van der Waals surface area (Å²) in [5.41, 5.74) is 7.21. The predicted molar refractivity (Wildman–Crippen MR) is 120 cm³/mol. The molecule has 0 atom stereocenters. The Kier molecular flexibility index (Phi) is 5.60. The van der Waals surface area contributed by atoms with E-state index in [0.717, 1.165) is 33.5 Å². The molecule has 2 N–H and O–H groups in total. The number of anilines is 1. The predicted octanol–water partition coefficient (Wildman–Crippen LogP) is 6.13. The Hall–Kier alpha value is -2.43. The number of rotatable bonds is 4.